The molecule has 8 heteroatoms. The topological polar surface area (TPSA) is 84.9 Å². The highest BCUT2D eigenvalue weighted by molar-refractivity contribution is 6.32. The molecule has 1 aromatic rings. The van der Waals surface area contributed by atoms with Crippen molar-refractivity contribution >= 4 is 29.4 Å². The highest BCUT2D eigenvalue weighted by Crippen LogP contribution is 2.23. The Morgan fingerprint density at radius 3 is 2.81 bits per heavy atom. The molecule has 0 saturated carbocycles. The summed E-state index contributed by atoms with van der Waals surface area (Å²) in [5.41, 5.74) is 0. The van der Waals surface area contributed by atoms with E-state index in [-0.39, 0.29) is 30.9 Å². The zero-order chi connectivity index (χ0) is 19.1. The van der Waals surface area contributed by atoms with Gasteiger partial charge < -0.3 is 19.7 Å². The Kier molecular flexibility index (Phi) is 7.26. The van der Waals surface area contributed by atoms with Crippen molar-refractivity contribution < 1.29 is 23.9 Å². The monoisotopic (exact) mass is 382 g/mol. The van der Waals surface area contributed by atoms with Crippen molar-refractivity contribution in [1.82, 2.24) is 10.2 Å². The number of nitrogens with zero attached hydrogens (tertiary/aromatic N) is 1. The van der Waals surface area contributed by atoms with E-state index in [2.05, 4.69) is 5.32 Å². The summed E-state index contributed by atoms with van der Waals surface area (Å²) in [7, 11) is 0. The average Bonchev–Trinajstić information content (AvgIpc) is 2.62. The Morgan fingerprint density at radius 1 is 1.38 bits per heavy atom. The molecular weight excluding hydrogens is 360 g/mol. The number of carbonyl (C=O) groups is 3. The van der Waals surface area contributed by atoms with Crippen LogP contribution in [0, 0.1) is 0 Å². The molecule has 2 unspecified atom stereocenters. The number of benzene rings is 1. The summed E-state index contributed by atoms with van der Waals surface area (Å²) in [6, 6.07) is 5.91. The van der Waals surface area contributed by atoms with Gasteiger partial charge in [-0.2, -0.15) is 0 Å². The first-order chi connectivity index (χ1) is 12.4. The van der Waals surface area contributed by atoms with E-state index in [1.165, 1.54) is 4.90 Å². The molecule has 0 aliphatic carbocycles. The summed E-state index contributed by atoms with van der Waals surface area (Å²) < 4.78 is 10.7. The van der Waals surface area contributed by atoms with Gasteiger partial charge in [0, 0.05) is 13.1 Å². The summed E-state index contributed by atoms with van der Waals surface area (Å²) in [4.78, 5) is 38.1. The molecule has 26 heavy (non-hydrogen) atoms. The van der Waals surface area contributed by atoms with E-state index in [1.54, 1.807) is 31.2 Å². The minimum absolute atomic E-state index is 0.187. The zero-order valence-electron chi connectivity index (χ0n) is 14.9. The number of nitrogens with one attached hydrogen (secondary N) is 1. The quantitative estimate of drug-likeness (QED) is 0.726. The molecule has 1 aliphatic rings. The molecule has 142 valence electrons. The summed E-state index contributed by atoms with van der Waals surface area (Å²) in [5.74, 6) is -0.882. The molecule has 7 nitrogen and oxygen atoms in total. The first-order valence-electron chi connectivity index (χ1n) is 8.56. The lowest BCUT2D eigenvalue weighted by molar-refractivity contribution is -0.155. The molecule has 2 rings (SSSR count). The predicted octanol–water partition coefficient (Wildman–Crippen LogP) is 1.78. The number of para-hydroxylation sites is 1. The maximum atomic E-state index is 12.5. The zero-order valence-corrected chi connectivity index (χ0v) is 15.6. The van der Waals surface area contributed by atoms with Crippen LogP contribution < -0.4 is 10.1 Å². The van der Waals surface area contributed by atoms with Crippen LogP contribution in [0.4, 0.5) is 0 Å². The van der Waals surface area contributed by atoms with E-state index in [1.807, 2.05) is 6.92 Å². The van der Waals surface area contributed by atoms with Crippen molar-refractivity contribution in [2.75, 3.05) is 19.7 Å². The number of hydrogen-bond acceptors (Lipinski definition) is 5. The Morgan fingerprint density at radius 2 is 2.12 bits per heavy atom. The van der Waals surface area contributed by atoms with E-state index in [0.717, 1.165) is 0 Å². The van der Waals surface area contributed by atoms with Gasteiger partial charge in [-0.05, 0) is 25.5 Å². The molecule has 0 bridgehead atoms. The molecule has 2 atom stereocenters. The van der Waals surface area contributed by atoms with E-state index in [4.69, 9.17) is 21.1 Å². The van der Waals surface area contributed by atoms with Crippen LogP contribution in [-0.4, -0.2) is 54.5 Å². The van der Waals surface area contributed by atoms with Crippen LogP contribution in [0.2, 0.25) is 5.02 Å². The molecule has 1 saturated heterocycles. The van der Waals surface area contributed by atoms with E-state index in [9.17, 15) is 14.4 Å². The first kappa shape index (κ1) is 20.0. The van der Waals surface area contributed by atoms with Gasteiger partial charge in [0.2, 0.25) is 5.91 Å². The first-order valence-corrected chi connectivity index (χ1v) is 8.94. The fraction of sp³-hybridized carbons (Fsp3) is 0.500. The Bertz CT molecular complexity index is 667. The second kappa shape index (κ2) is 9.43. The average molecular weight is 383 g/mol. The third-order valence-corrected chi connectivity index (χ3v) is 4.42. The van der Waals surface area contributed by atoms with Crippen molar-refractivity contribution in [3.05, 3.63) is 29.3 Å². The number of hydrogen-bond donors (Lipinski definition) is 1. The number of ether oxygens (including phenoxy) is 2. The molecule has 1 aliphatic heterocycles. The van der Waals surface area contributed by atoms with Gasteiger partial charge in [-0.3, -0.25) is 14.4 Å². The molecule has 2 amide bonds. The number of amides is 2. The molecule has 1 N–H and O–H groups in total. The van der Waals surface area contributed by atoms with Gasteiger partial charge in [0.1, 0.15) is 11.8 Å². The van der Waals surface area contributed by atoms with Crippen molar-refractivity contribution in [1.29, 1.82) is 0 Å². The third kappa shape index (κ3) is 5.36. The van der Waals surface area contributed by atoms with Crippen LogP contribution in [0.15, 0.2) is 24.3 Å². The van der Waals surface area contributed by atoms with Gasteiger partial charge in [-0.25, -0.2) is 0 Å². The minimum Gasteiger partial charge on any atom is -0.482 e. The molecule has 0 aromatic heterocycles. The molecule has 1 fully saturated rings. The normalized spacial score (nSPS) is 18.0. The molecule has 1 aromatic carbocycles. The van der Waals surface area contributed by atoms with Crippen LogP contribution in [0.5, 0.6) is 5.75 Å². The van der Waals surface area contributed by atoms with Crippen molar-refractivity contribution in [3.8, 4) is 5.75 Å². The molecular formula is C18H23ClN2O5. The predicted molar refractivity (Wildman–Crippen MR) is 95.9 cm³/mol. The standard InChI is InChI=1S/C18H23ClN2O5/c1-3-12(2)26-17(23)10-14-18(24)20-8-9-21(14)16(22)11-25-15-7-5-4-6-13(15)19/h4-7,12,14H,3,8-11H2,1-2H3,(H,20,24). The third-order valence-electron chi connectivity index (χ3n) is 4.11. The number of halogens is 1. The van der Waals surface area contributed by atoms with Crippen LogP contribution in [0.1, 0.15) is 26.7 Å². The number of esters is 1. The highest BCUT2D eigenvalue weighted by Gasteiger charge is 2.35. The smallest absolute Gasteiger partial charge is 0.308 e. The fourth-order valence-electron chi connectivity index (χ4n) is 2.51. The molecule has 0 radical (unpaired) electrons. The lowest BCUT2D eigenvalue weighted by Crippen LogP contribution is -2.58. The van der Waals surface area contributed by atoms with Gasteiger partial charge in [0.15, 0.2) is 6.61 Å². The van der Waals surface area contributed by atoms with Gasteiger partial charge in [0.25, 0.3) is 5.91 Å². The summed E-state index contributed by atoms with van der Waals surface area (Å²) in [5, 5.41) is 3.06. The summed E-state index contributed by atoms with van der Waals surface area (Å²) >= 11 is 6.00. The van der Waals surface area contributed by atoms with Gasteiger partial charge in [0.05, 0.1) is 17.5 Å². The van der Waals surface area contributed by atoms with Crippen LogP contribution in [0.25, 0.3) is 0 Å². The Labute approximate surface area is 157 Å². The van der Waals surface area contributed by atoms with Crippen molar-refractivity contribution in [2.45, 2.75) is 38.8 Å². The van der Waals surface area contributed by atoms with Crippen LogP contribution in [0.3, 0.4) is 0 Å². The number of piperazine rings is 1. The molecule has 0 spiro atoms. The summed E-state index contributed by atoms with van der Waals surface area (Å²) in [6.45, 7) is 4.03. The van der Waals surface area contributed by atoms with Crippen molar-refractivity contribution in [2.24, 2.45) is 0 Å². The lowest BCUT2D eigenvalue weighted by Gasteiger charge is -2.34. The van der Waals surface area contributed by atoms with E-state index in [0.29, 0.717) is 30.3 Å². The number of carbonyl (C=O) groups excluding carboxylic acids is 3. The maximum absolute atomic E-state index is 12.5. The summed E-state index contributed by atoms with van der Waals surface area (Å²) in [6.07, 6.45) is 0.257. The van der Waals surface area contributed by atoms with Crippen LogP contribution >= 0.6 is 11.6 Å². The second-order valence-electron chi connectivity index (χ2n) is 6.03. The van der Waals surface area contributed by atoms with E-state index >= 15 is 0 Å². The fourth-order valence-corrected chi connectivity index (χ4v) is 2.70. The van der Waals surface area contributed by atoms with E-state index < -0.39 is 12.0 Å². The van der Waals surface area contributed by atoms with Gasteiger partial charge in [-0.15, -0.1) is 0 Å². The van der Waals surface area contributed by atoms with Gasteiger partial charge >= 0.3 is 5.97 Å². The lowest BCUT2D eigenvalue weighted by atomic mass is 10.1. The largest absolute Gasteiger partial charge is 0.482 e. The number of rotatable bonds is 7. The SMILES string of the molecule is CCC(C)OC(=O)CC1C(=O)NCCN1C(=O)COc1ccccc1Cl. The molecule has 1 heterocycles. The maximum Gasteiger partial charge on any atom is 0.308 e. The van der Waals surface area contributed by atoms with Gasteiger partial charge in [-0.1, -0.05) is 30.7 Å². The second-order valence-corrected chi connectivity index (χ2v) is 6.43. The van der Waals surface area contributed by atoms with Crippen molar-refractivity contribution in [3.63, 3.8) is 0 Å². The Hall–Kier alpha value is -2.28. The van der Waals surface area contributed by atoms with Crippen LogP contribution in [-0.2, 0) is 19.1 Å². The highest BCUT2D eigenvalue weighted by atomic mass is 35.5. The minimum atomic E-state index is -0.900. The Balaban J connectivity index is 1.99.